The summed E-state index contributed by atoms with van der Waals surface area (Å²) in [6, 6.07) is 7.37. The number of amides is 1. The molecule has 0 unspecified atom stereocenters. The number of hydrogen-bond acceptors (Lipinski definition) is 5. The minimum Gasteiger partial charge on any atom is -0.380 e. The highest BCUT2D eigenvalue weighted by Crippen LogP contribution is 2.22. The number of nitrogens with zero attached hydrogens (tertiary/aromatic N) is 1. The lowest BCUT2D eigenvalue weighted by Gasteiger charge is -2.35. The van der Waals surface area contributed by atoms with Crippen molar-refractivity contribution in [3.05, 3.63) is 29.8 Å². The van der Waals surface area contributed by atoms with Gasteiger partial charge in [-0.1, -0.05) is 12.1 Å². The summed E-state index contributed by atoms with van der Waals surface area (Å²) >= 11 is 0. The molecule has 1 amide bonds. The predicted octanol–water partition coefficient (Wildman–Crippen LogP) is 1.64. The van der Waals surface area contributed by atoms with Crippen LogP contribution >= 0.6 is 0 Å². The fourth-order valence-electron chi connectivity index (χ4n) is 3.84. The number of likely N-dealkylation sites (tertiary alicyclic amines) is 1. The maximum absolute atomic E-state index is 12.1. The third kappa shape index (κ3) is 6.02. The lowest BCUT2D eigenvalue weighted by molar-refractivity contribution is -0.121. The highest BCUT2D eigenvalue weighted by molar-refractivity contribution is 7.90. The first-order chi connectivity index (χ1) is 12.9. The van der Waals surface area contributed by atoms with E-state index in [1.165, 1.54) is 6.26 Å². The number of ether oxygens (including phenoxy) is 1. The number of carbonyl (C=O) groups excluding carboxylic acids is 1. The second-order valence-corrected chi connectivity index (χ2v) is 9.73. The van der Waals surface area contributed by atoms with E-state index in [9.17, 15) is 13.2 Å². The molecule has 6 nitrogen and oxygen atoms in total. The van der Waals surface area contributed by atoms with Gasteiger partial charge in [0.05, 0.1) is 11.5 Å². The summed E-state index contributed by atoms with van der Waals surface area (Å²) in [5.41, 5.74) is 0.977. The summed E-state index contributed by atoms with van der Waals surface area (Å²) in [5, 5.41) is 3.06. The zero-order chi connectivity index (χ0) is 19.3. The van der Waals surface area contributed by atoms with Crippen LogP contribution in [0.15, 0.2) is 29.2 Å². The number of carbonyl (C=O) groups is 1. The molecular weight excluding hydrogens is 364 g/mol. The van der Waals surface area contributed by atoms with Crippen molar-refractivity contribution in [1.29, 1.82) is 0 Å². The summed E-state index contributed by atoms with van der Waals surface area (Å²) in [4.78, 5) is 15.0. The van der Waals surface area contributed by atoms with Crippen LogP contribution in [0.5, 0.6) is 0 Å². The van der Waals surface area contributed by atoms with Crippen LogP contribution in [0.2, 0.25) is 0 Å². The van der Waals surface area contributed by atoms with Crippen molar-refractivity contribution < 1.29 is 17.9 Å². The zero-order valence-corrected chi connectivity index (χ0v) is 16.8. The Balaban J connectivity index is 1.34. The molecule has 2 saturated heterocycles. The van der Waals surface area contributed by atoms with Gasteiger partial charge in [0, 0.05) is 31.9 Å². The second-order valence-electron chi connectivity index (χ2n) is 7.72. The van der Waals surface area contributed by atoms with E-state index in [4.69, 9.17) is 4.74 Å². The van der Waals surface area contributed by atoms with Crippen LogP contribution in [0.3, 0.4) is 0 Å². The molecule has 0 bridgehead atoms. The standard InChI is InChI=1S/C20H30N2O4S/c1-27(24,25)19-5-2-16(3-6-19)4-7-20(23)21-14-17-8-11-22(12-9-17)18-10-13-26-15-18/h2-3,5-6,17-18H,4,7-15H2,1H3,(H,21,23)/t18-/m1/s1. The van der Waals surface area contributed by atoms with Crippen LogP contribution < -0.4 is 5.32 Å². The number of hydrogen-bond donors (Lipinski definition) is 1. The molecule has 2 aliphatic heterocycles. The molecule has 1 atom stereocenters. The minimum absolute atomic E-state index is 0.0637. The van der Waals surface area contributed by atoms with Gasteiger partial charge in [-0.15, -0.1) is 0 Å². The van der Waals surface area contributed by atoms with Crippen molar-refractivity contribution >= 4 is 15.7 Å². The van der Waals surface area contributed by atoms with E-state index in [0.29, 0.717) is 29.7 Å². The predicted molar refractivity (Wildman–Crippen MR) is 104 cm³/mol. The van der Waals surface area contributed by atoms with Gasteiger partial charge in [-0.2, -0.15) is 0 Å². The molecule has 0 aromatic heterocycles. The van der Waals surface area contributed by atoms with Gasteiger partial charge >= 0.3 is 0 Å². The van der Waals surface area contributed by atoms with Gasteiger partial charge in [-0.05, 0) is 62.4 Å². The third-order valence-corrected chi connectivity index (χ3v) is 6.78. The van der Waals surface area contributed by atoms with Gasteiger partial charge in [-0.3, -0.25) is 9.69 Å². The smallest absolute Gasteiger partial charge is 0.220 e. The maximum atomic E-state index is 12.1. The van der Waals surface area contributed by atoms with Crippen LogP contribution in [0.4, 0.5) is 0 Å². The van der Waals surface area contributed by atoms with E-state index in [2.05, 4.69) is 10.2 Å². The van der Waals surface area contributed by atoms with Crippen molar-refractivity contribution in [3.8, 4) is 0 Å². The summed E-state index contributed by atoms with van der Waals surface area (Å²) in [6.45, 7) is 4.70. The molecule has 2 fully saturated rings. The Morgan fingerprint density at radius 2 is 1.89 bits per heavy atom. The van der Waals surface area contributed by atoms with E-state index in [1.807, 2.05) is 0 Å². The van der Waals surface area contributed by atoms with E-state index >= 15 is 0 Å². The lowest BCUT2D eigenvalue weighted by Crippen LogP contribution is -2.44. The number of benzene rings is 1. The Morgan fingerprint density at radius 1 is 1.19 bits per heavy atom. The van der Waals surface area contributed by atoms with Gasteiger partial charge in [0.25, 0.3) is 0 Å². The van der Waals surface area contributed by atoms with Gasteiger partial charge in [0.2, 0.25) is 5.91 Å². The quantitative estimate of drug-likeness (QED) is 0.761. The molecule has 1 N–H and O–H groups in total. The van der Waals surface area contributed by atoms with E-state index < -0.39 is 9.84 Å². The molecule has 0 aliphatic carbocycles. The Bertz CT molecular complexity index is 719. The number of aryl methyl sites for hydroxylation is 1. The Labute approximate surface area is 162 Å². The van der Waals surface area contributed by atoms with E-state index in [0.717, 1.165) is 57.7 Å². The van der Waals surface area contributed by atoms with Crippen LogP contribution in [-0.4, -0.2) is 64.4 Å². The largest absolute Gasteiger partial charge is 0.380 e. The van der Waals surface area contributed by atoms with Crippen molar-refractivity contribution in [3.63, 3.8) is 0 Å². The van der Waals surface area contributed by atoms with Crippen molar-refractivity contribution in [2.75, 3.05) is 39.1 Å². The maximum Gasteiger partial charge on any atom is 0.220 e. The van der Waals surface area contributed by atoms with E-state index in [-0.39, 0.29) is 5.91 Å². The van der Waals surface area contributed by atoms with Crippen LogP contribution in [0.25, 0.3) is 0 Å². The van der Waals surface area contributed by atoms with Crippen molar-refractivity contribution in [2.24, 2.45) is 5.92 Å². The molecule has 3 rings (SSSR count). The summed E-state index contributed by atoms with van der Waals surface area (Å²) in [5.74, 6) is 0.621. The molecule has 0 spiro atoms. The SMILES string of the molecule is CS(=O)(=O)c1ccc(CCC(=O)NCC2CCN([C@@H]3CCOC3)CC2)cc1. The molecule has 150 valence electrons. The summed E-state index contributed by atoms with van der Waals surface area (Å²) in [7, 11) is -3.17. The van der Waals surface area contributed by atoms with Gasteiger partial charge in [-0.25, -0.2) is 8.42 Å². The lowest BCUT2D eigenvalue weighted by atomic mass is 9.95. The minimum atomic E-state index is -3.17. The molecule has 0 saturated carbocycles. The van der Waals surface area contributed by atoms with Crippen LogP contribution in [0, 0.1) is 5.92 Å². The number of nitrogens with one attached hydrogen (secondary N) is 1. The molecule has 1 aromatic rings. The highest BCUT2D eigenvalue weighted by Gasteiger charge is 2.27. The topological polar surface area (TPSA) is 75.7 Å². The van der Waals surface area contributed by atoms with Crippen LogP contribution in [-0.2, 0) is 25.8 Å². The van der Waals surface area contributed by atoms with Gasteiger partial charge in [0.15, 0.2) is 9.84 Å². The molecule has 0 radical (unpaired) electrons. The normalized spacial score (nSPS) is 22.0. The number of piperidine rings is 1. The molecule has 1 aromatic carbocycles. The first-order valence-corrected chi connectivity index (χ1v) is 11.7. The van der Waals surface area contributed by atoms with E-state index in [1.54, 1.807) is 24.3 Å². The molecule has 7 heteroatoms. The Kier molecular flexibility index (Phi) is 6.89. The Morgan fingerprint density at radius 3 is 2.48 bits per heavy atom. The fourth-order valence-corrected chi connectivity index (χ4v) is 4.47. The molecular formula is C20H30N2O4S. The monoisotopic (exact) mass is 394 g/mol. The Hall–Kier alpha value is -1.44. The summed E-state index contributed by atoms with van der Waals surface area (Å²) in [6.07, 6.45) is 5.65. The molecule has 27 heavy (non-hydrogen) atoms. The average Bonchev–Trinajstić information content (AvgIpc) is 3.19. The average molecular weight is 395 g/mol. The first kappa shape index (κ1) is 20.3. The van der Waals surface area contributed by atoms with Crippen molar-refractivity contribution in [1.82, 2.24) is 10.2 Å². The molecule has 2 heterocycles. The highest BCUT2D eigenvalue weighted by atomic mass is 32.2. The van der Waals surface area contributed by atoms with Gasteiger partial charge in [0.1, 0.15) is 0 Å². The summed E-state index contributed by atoms with van der Waals surface area (Å²) < 4.78 is 28.4. The number of sulfone groups is 1. The molecule has 2 aliphatic rings. The number of rotatable bonds is 7. The fraction of sp³-hybridized carbons (Fsp3) is 0.650. The zero-order valence-electron chi connectivity index (χ0n) is 16.0. The van der Waals surface area contributed by atoms with Crippen molar-refractivity contribution in [2.45, 2.75) is 43.0 Å². The first-order valence-electron chi connectivity index (χ1n) is 9.79. The third-order valence-electron chi connectivity index (χ3n) is 5.65. The van der Waals surface area contributed by atoms with Crippen LogP contribution in [0.1, 0.15) is 31.2 Å². The second kappa shape index (κ2) is 9.17. The van der Waals surface area contributed by atoms with Gasteiger partial charge < -0.3 is 10.1 Å².